The molecule has 10 heteroatoms. The van der Waals surface area contributed by atoms with Crippen LogP contribution in [0.2, 0.25) is 0 Å². The number of H-pyrrole nitrogens is 1. The minimum Gasteiger partial charge on any atom is -0.394 e. The predicted octanol–water partition coefficient (Wildman–Crippen LogP) is 3.16. The number of amides is 1. The van der Waals surface area contributed by atoms with Crippen LogP contribution in [-0.2, 0) is 0 Å². The highest BCUT2D eigenvalue weighted by Crippen LogP contribution is 2.28. The minimum atomic E-state index is -0.390. The number of aryl methyl sites for hydroxylation is 1. The Bertz CT molecular complexity index is 1260. The molecule has 1 amide bonds. The zero-order chi connectivity index (χ0) is 24.1. The molecule has 1 atom stereocenters. The summed E-state index contributed by atoms with van der Waals surface area (Å²) in [5, 5.41) is 23.5. The highest BCUT2D eigenvalue weighted by molar-refractivity contribution is 5.94. The van der Waals surface area contributed by atoms with Crippen LogP contribution in [0.1, 0.15) is 27.8 Å². The Balaban J connectivity index is 1.64. The van der Waals surface area contributed by atoms with Crippen LogP contribution in [0.3, 0.4) is 0 Å². The summed E-state index contributed by atoms with van der Waals surface area (Å²) < 4.78 is 0. The van der Waals surface area contributed by atoms with Crippen molar-refractivity contribution in [1.29, 1.82) is 0 Å². The van der Waals surface area contributed by atoms with E-state index in [1.807, 2.05) is 37.3 Å². The number of nitrogens with one attached hydrogen (secondary N) is 3. The average Bonchev–Trinajstić information content (AvgIpc) is 3.29. The molecule has 0 saturated heterocycles. The number of carbonyl (C=O) groups is 1. The van der Waals surface area contributed by atoms with Gasteiger partial charge in [-0.3, -0.25) is 9.89 Å². The van der Waals surface area contributed by atoms with Crippen LogP contribution < -0.4 is 10.6 Å². The number of aromatic amines is 1. The Hall–Kier alpha value is -4.31. The van der Waals surface area contributed by atoms with Gasteiger partial charge >= 0.3 is 0 Å². The molecule has 10 nitrogen and oxygen atoms in total. The normalized spacial score (nSPS) is 11.6. The molecule has 4 aromatic rings. The molecule has 0 aliphatic rings. The second-order valence-corrected chi connectivity index (χ2v) is 7.89. The lowest BCUT2D eigenvalue weighted by Gasteiger charge is -2.19. The zero-order valence-corrected chi connectivity index (χ0v) is 19.1. The maximum atomic E-state index is 12.1. The van der Waals surface area contributed by atoms with E-state index in [-0.39, 0.29) is 18.6 Å². The second kappa shape index (κ2) is 10.1. The first-order valence-electron chi connectivity index (χ1n) is 10.7. The van der Waals surface area contributed by atoms with Gasteiger partial charge in [0.1, 0.15) is 11.6 Å². The van der Waals surface area contributed by atoms with Crippen LogP contribution in [0, 0.1) is 6.92 Å². The first kappa shape index (κ1) is 22.9. The van der Waals surface area contributed by atoms with Crippen LogP contribution >= 0.6 is 0 Å². The molecule has 0 radical (unpaired) electrons. The van der Waals surface area contributed by atoms with Gasteiger partial charge in [-0.05, 0) is 36.8 Å². The van der Waals surface area contributed by atoms with Gasteiger partial charge in [-0.2, -0.15) is 10.1 Å². The summed E-state index contributed by atoms with van der Waals surface area (Å²) in [5.74, 6) is 1.85. The fourth-order valence-corrected chi connectivity index (χ4v) is 3.35. The second-order valence-electron chi connectivity index (χ2n) is 7.89. The fourth-order valence-electron chi connectivity index (χ4n) is 3.35. The first-order valence-corrected chi connectivity index (χ1v) is 10.7. The molecule has 174 valence electrons. The summed E-state index contributed by atoms with van der Waals surface area (Å²) in [7, 11) is 3.42. The molecule has 0 aliphatic heterocycles. The van der Waals surface area contributed by atoms with Crippen molar-refractivity contribution >= 4 is 23.4 Å². The van der Waals surface area contributed by atoms with Crippen LogP contribution in [-0.4, -0.2) is 61.8 Å². The maximum absolute atomic E-state index is 12.1. The topological polar surface area (TPSA) is 132 Å². The Morgan fingerprint density at radius 2 is 1.82 bits per heavy atom. The molecule has 0 aliphatic carbocycles. The van der Waals surface area contributed by atoms with Gasteiger partial charge in [-0.25, -0.2) is 9.97 Å². The van der Waals surface area contributed by atoms with E-state index in [1.165, 1.54) is 4.90 Å². The van der Waals surface area contributed by atoms with E-state index < -0.39 is 0 Å². The molecule has 2 heterocycles. The van der Waals surface area contributed by atoms with Gasteiger partial charge in [0.05, 0.1) is 18.2 Å². The van der Waals surface area contributed by atoms with Gasteiger partial charge in [-0.15, -0.1) is 0 Å². The monoisotopic (exact) mass is 458 g/mol. The molecule has 2 aromatic heterocycles. The number of carbonyl (C=O) groups excluding carboxylic acids is 1. The van der Waals surface area contributed by atoms with Crippen molar-refractivity contribution in [1.82, 2.24) is 30.0 Å². The van der Waals surface area contributed by atoms with Crippen molar-refractivity contribution in [3.05, 3.63) is 77.7 Å². The van der Waals surface area contributed by atoms with Crippen LogP contribution in [0.4, 0.5) is 17.5 Å². The number of hydrogen-bond acceptors (Lipinski definition) is 8. The van der Waals surface area contributed by atoms with Gasteiger partial charge < -0.3 is 20.6 Å². The Morgan fingerprint density at radius 1 is 1.09 bits per heavy atom. The lowest BCUT2D eigenvalue weighted by molar-refractivity contribution is 0.0827. The number of aliphatic hydroxyl groups is 1. The average molecular weight is 459 g/mol. The molecule has 4 N–H and O–H groups in total. The highest BCUT2D eigenvalue weighted by Gasteiger charge is 2.18. The molecule has 0 unspecified atom stereocenters. The summed E-state index contributed by atoms with van der Waals surface area (Å²) in [5.41, 5.74) is 2.82. The largest absolute Gasteiger partial charge is 0.394 e. The first-order chi connectivity index (χ1) is 16.4. The Labute approximate surface area is 197 Å². The lowest BCUT2D eigenvalue weighted by Crippen LogP contribution is -2.21. The zero-order valence-electron chi connectivity index (χ0n) is 19.1. The van der Waals surface area contributed by atoms with E-state index >= 15 is 0 Å². The van der Waals surface area contributed by atoms with Gasteiger partial charge in [0.25, 0.3) is 5.91 Å². The molecular weight excluding hydrogens is 432 g/mol. The Kier molecular flexibility index (Phi) is 6.79. The number of rotatable bonds is 8. The molecule has 2 aromatic carbocycles. The van der Waals surface area contributed by atoms with Crippen molar-refractivity contribution in [3.8, 4) is 11.4 Å². The number of benzene rings is 2. The van der Waals surface area contributed by atoms with E-state index in [9.17, 15) is 9.90 Å². The molecule has 34 heavy (non-hydrogen) atoms. The third kappa shape index (κ3) is 5.18. The maximum Gasteiger partial charge on any atom is 0.253 e. The van der Waals surface area contributed by atoms with Gasteiger partial charge in [0.15, 0.2) is 5.82 Å². The van der Waals surface area contributed by atoms with Gasteiger partial charge in [0, 0.05) is 31.5 Å². The Morgan fingerprint density at radius 3 is 2.44 bits per heavy atom. The quantitative estimate of drug-likeness (QED) is 0.317. The van der Waals surface area contributed by atoms with Gasteiger partial charge in [-0.1, -0.05) is 30.3 Å². The molecule has 0 saturated carbocycles. The molecule has 0 bridgehead atoms. The van der Waals surface area contributed by atoms with Crippen molar-refractivity contribution in [2.75, 3.05) is 31.3 Å². The SMILES string of the molecule is Cc1nc(-c2cnc(Nc3ccc(C(=O)N(C)C)cc3)nc2N[C@H](CO)c2ccccc2)n[nH]1. The highest BCUT2D eigenvalue weighted by atomic mass is 16.3. The predicted molar refractivity (Wildman–Crippen MR) is 130 cm³/mol. The molecule has 0 spiro atoms. The van der Waals surface area contributed by atoms with Crippen molar-refractivity contribution in [2.45, 2.75) is 13.0 Å². The van der Waals surface area contributed by atoms with Gasteiger partial charge in [0.2, 0.25) is 5.95 Å². The third-order valence-electron chi connectivity index (χ3n) is 5.12. The number of aliphatic hydroxyl groups excluding tert-OH is 1. The van der Waals surface area contributed by atoms with E-state index in [2.05, 4.69) is 35.8 Å². The van der Waals surface area contributed by atoms with Crippen molar-refractivity contribution in [2.24, 2.45) is 0 Å². The smallest absolute Gasteiger partial charge is 0.253 e. The molecule has 0 fully saturated rings. The van der Waals surface area contributed by atoms with Crippen LogP contribution in [0.5, 0.6) is 0 Å². The number of nitrogens with zero attached hydrogens (tertiary/aromatic N) is 5. The third-order valence-corrected chi connectivity index (χ3v) is 5.12. The van der Waals surface area contributed by atoms with E-state index in [0.29, 0.717) is 34.5 Å². The number of anilines is 3. The van der Waals surface area contributed by atoms with Crippen molar-refractivity contribution in [3.63, 3.8) is 0 Å². The lowest BCUT2D eigenvalue weighted by atomic mass is 10.1. The summed E-state index contributed by atoms with van der Waals surface area (Å²) in [6.45, 7) is 1.68. The summed E-state index contributed by atoms with van der Waals surface area (Å²) >= 11 is 0. The summed E-state index contributed by atoms with van der Waals surface area (Å²) in [6.07, 6.45) is 1.63. The van der Waals surface area contributed by atoms with Crippen molar-refractivity contribution < 1.29 is 9.90 Å². The van der Waals surface area contributed by atoms with E-state index in [0.717, 1.165) is 11.3 Å². The number of hydrogen-bond donors (Lipinski definition) is 4. The number of aromatic nitrogens is 5. The molecular formula is C24H26N8O2. The summed E-state index contributed by atoms with van der Waals surface area (Å²) in [4.78, 5) is 27.1. The standard InChI is InChI=1S/C24H26N8O2/c1-15-26-22(31-30-15)19-13-25-24(27-18-11-9-17(10-12-18)23(34)32(2)3)29-21(19)28-20(14-33)16-7-5-4-6-8-16/h4-13,20,33H,14H2,1-3H3,(H,26,30,31)(H2,25,27,28,29)/t20-/m1/s1. The van der Waals surface area contributed by atoms with Crippen LogP contribution in [0.15, 0.2) is 60.8 Å². The van der Waals surface area contributed by atoms with E-state index in [1.54, 1.807) is 44.6 Å². The van der Waals surface area contributed by atoms with Crippen LogP contribution in [0.25, 0.3) is 11.4 Å². The minimum absolute atomic E-state index is 0.0728. The summed E-state index contributed by atoms with van der Waals surface area (Å²) in [6, 6.07) is 16.3. The fraction of sp³-hybridized carbons (Fsp3) is 0.208. The van der Waals surface area contributed by atoms with E-state index in [4.69, 9.17) is 0 Å². The molecule has 4 rings (SSSR count).